The lowest BCUT2D eigenvalue weighted by molar-refractivity contribution is 0.0961. The second-order valence-corrected chi connectivity index (χ2v) is 5.99. The number of Topliss-reactive ketones (excluding diaryl/α,β-unsaturated/α-hetero) is 1. The molecule has 0 amide bonds. The van der Waals surface area contributed by atoms with Gasteiger partial charge in [0.15, 0.2) is 5.78 Å². The fourth-order valence-electron chi connectivity index (χ4n) is 2.66. The fraction of sp³-hybridized carbons (Fsp3) is 0.167. The van der Waals surface area contributed by atoms with Crippen LogP contribution in [-0.4, -0.2) is 36.0 Å². The molecule has 0 bridgehead atoms. The van der Waals surface area contributed by atoms with Crippen molar-refractivity contribution in [1.82, 2.24) is 30.2 Å². The normalized spacial score (nSPS) is 11.1. The number of aromatic amines is 1. The first kappa shape index (κ1) is 15.2. The summed E-state index contributed by atoms with van der Waals surface area (Å²) in [6.45, 7) is 3.95. The van der Waals surface area contributed by atoms with Crippen LogP contribution in [-0.2, 0) is 6.54 Å². The summed E-state index contributed by atoms with van der Waals surface area (Å²) in [5.41, 5.74) is 4.39. The van der Waals surface area contributed by atoms with Crippen molar-refractivity contribution in [2.24, 2.45) is 0 Å². The minimum atomic E-state index is -0.0522. The minimum Gasteiger partial charge on any atom is -0.342 e. The molecule has 0 atom stereocenters. The van der Waals surface area contributed by atoms with E-state index in [2.05, 4.69) is 25.4 Å². The number of hydrogen-bond donors (Lipinski definition) is 1. The van der Waals surface area contributed by atoms with E-state index in [0.717, 1.165) is 28.0 Å². The highest BCUT2D eigenvalue weighted by molar-refractivity contribution is 5.95. The van der Waals surface area contributed by atoms with E-state index in [1.165, 1.54) is 4.80 Å². The average Bonchev–Trinajstić information content (AvgIpc) is 3.20. The number of carbonyl (C=O) groups is 1. The number of ketones is 1. The Balaban J connectivity index is 1.56. The molecule has 2 aromatic carbocycles. The number of nitrogens with zero attached hydrogens (tertiary/aromatic N) is 5. The quantitative estimate of drug-likeness (QED) is 0.580. The van der Waals surface area contributed by atoms with Crippen LogP contribution in [0.15, 0.2) is 42.5 Å². The molecule has 0 aliphatic carbocycles. The van der Waals surface area contributed by atoms with Gasteiger partial charge >= 0.3 is 0 Å². The van der Waals surface area contributed by atoms with Crippen molar-refractivity contribution in [2.75, 3.05) is 0 Å². The summed E-state index contributed by atoms with van der Waals surface area (Å²) in [4.78, 5) is 21.2. The van der Waals surface area contributed by atoms with Gasteiger partial charge in [-0.3, -0.25) is 4.79 Å². The number of carbonyl (C=O) groups excluding carboxylic acids is 1. The standard InChI is InChI=1S/C18H16N6O/c1-11-3-5-13(6-4-11)17(25)10-24-22-18(21-23-24)14-7-8-15-16(9-14)20-12(2)19-15/h3-9H,10H2,1-2H3,(H,19,20). The van der Waals surface area contributed by atoms with Crippen LogP contribution in [0, 0.1) is 13.8 Å². The largest absolute Gasteiger partial charge is 0.342 e. The number of imidazole rings is 1. The molecular formula is C18H16N6O. The minimum absolute atomic E-state index is 0.0522. The van der Waals surface area contributed by atoms with Gasteiger partial charge in [-0.2, -0.15) is 4.80 Å². The molecule has 1 N–H and O–H groups in total. The number of aryl methyl sites for hydroxylation is 2. The summed E-state index contributed by atoms with van der Waals surface area (Å²) in [6.07, 6.45) is 0. The Morgan fingerprint density at radius 3 is 2.72 bits per heavy atom. The van der Waals surface area contributed by atoms with Crippen molar-refractivity contribution in [3.05, 3.63) is 59.4 Å². The molecule has 0 radical (unpaired) electrons. The predicted molar refractivity (Wildman–Crippen MR) is 93.2 cm³/mol. The van der Waals surface area contributed by atoms with Gasteiger partial charge in [-0.25, -0.2) is 4.98 Å². The molecule has 4 aromatic rings. The summed E-state index contributed by atoms with van der Waals surface area (Å²) in [6, 6.07) is 13.2. The molecule has 25 heavy (non-hydrogen) atoms. The third-order valence-electron chi connectivity index (χ3n) is 3.97. The Kier molecular flexibility index (Phi) is 3.61. The van der Waals surface area contributed by atoms with E-state index < -0.39 is 0 Å². The zero-order valence-corrected chi connectivity index (χ0v) is 13.9. The Hall–Kier alpha value is -3.35. The molecule has 2 heterocycles. The zero-order chi connectivity index (χ0) is 17.4. The van der Waals surface area contributed by atoms with Crippen LogP contribution in [0.25, 0.3) is 22.4 Å². The molecule has 0 fully saturated rings. The van der Waals surface area contributed by atoms with E-state index in [-0.39, 0.29) is 12.3 Å². The van der Waals surface area contributed by atoms with E-state index in [0.29, 0.717) is 11.4 Å². The second-order valence-electron chi connectivity index (χ2n) is 5.99. The van der Waals surface area contributed by atoms with Gasteiger partial charge in [0, 0.05) is 11.1 Å². The van der Waals surface area contributed by atoms with E-state index in [1.54, 1.807) is 0 Å². The molecule has 2 aromatic heterocycles. The fourth-order valence-corrected chi connectivity index (χ4v) is 2.66. The van der Waals surface area contributed by atoms with Gasteiger partial charge in [0.25, 0.3) is 0 Å². The lowest BCUT2D eigenvalue weighted by Crippen LogP contribution is -2.13. The highest BCUT2D eigenvalue weighted by Gasteiger charge is 2.12. The van der Waals surface area contributed by atoms with Crippen LogP contribution in [0.5, 0.6) is 0 Å². The molecule has 7 heteroatoms. The number of benzene rings is 2. The van der Waals surface area contributed by atoms with Gasteiger partial charge in [-0.15, -0.1) is 10.2 Å². The highest BCUT2D eigenvalue weighted by atomic mass is 16.1. The summed E-state index contributed by atoms with van der Waals surface area (Å²) in [5, 5.41) is 12.4. The predicted octanol–water partition coefficient (Wildman–Crippen LogP) is 2.72. The first-order valence-corrected chi connectivity index (χ1v) is 7.93. The maximum atomic E-state index is 12.3. The molecule has 0 aliphatic heterocycles. The Labute approximate surface area is 143 Å². The molecule has 0 saturated heterocycles. The molecule has 7 nitrogen and oxygen atoms in total. The smallest absolute Gasteiger partial charge is 0.205 e. The van der Waals surface area contributed by atoms with Crippen molar-refractivity contribution in [3.8, 4) is 11.4 Å². The lowest BCUT2D eigenvalue weighted by atomic mass is 10.1. The average molecular weight is 332 g/mol. The van der Waals surface area contributed by atoms with Crippen LogP contribution < -0.4 is 0 Å². The number of aromatic nitrogens is 6. The van der Waals surface area contributed by atoms with Crippen molar-refractivity contribution in [2.45, 2.75) is 20.4 Å². The number of nitrogens with one attached hydrogen (secondary N) is 1. The number of hydrogen-bond acceptors (Lipinski definition) is 5. The number of rotatable bonds is 4. The SMILES string of the molecule is Cc1ccc(C(=O)Cn2nnc(-c3ccc4nc(C)[nH]c4c3)n2)cc1. The molecule has 124 valence electrons. The third kappa shape index (κ3) is 3.03. The van der Waals surface area contributed by atoms with Crippen molar-refractivity contribution < 1.29 is 4.79 Å². The van der Waals surface area contributed by atoms with Crippen LogP contribution in [0.2, 0.25) is 0 Å². The monoisotopic (exact) mass is 332 g/mol. The molecule has 0 saturated carbocycles. The Morgan fingerprint density at radius 2 is 1.92 bits per heavy atom. The van der Waals surface area contributed by atoms with Gasteiger partial charge in [-0.05, 0) is 37.3 Å². The van der Waals surface area contributed by atoms with E-state index >= 15 is 0 Å². The van der Waals surface area contributed by atoms with Crippen molar-refractivity contribution in [3.63, 3.8) is 0 Å². The van der Waals surface area contributed by atoms with Gasteiger partial charge in [0.1, 0.15) is 12.4 Å². The van der Waals surface area contributed by atoms with E-state index in [9.17, 15) is 4.79 Å². The maximum Gasteiger partial charge on any atom is 0.205 e. The van der Waals surface area contributed by atoms with Crippen LogP contribution in [0.1, 0.15) is 21.7 Å². The molecule has 0 aliphatic rings. The van der Waals surface area contributed by atoms with Gasteiger partial charge in [0.05, 0.1) is 11.0 Å². The van der Waals surface area contributed by atoms with Crippen molar-refractivity contribution >= 4 is 16.8 Å². The Bertz CT molecular complexity index is 1060. The first-order valence-electron chi connectivity index (χ1n) is 7.93. The van der Waals surface area contributed by atoms with Gasteiger partial charge in [-0.1, -0.05) is 29.8 Å². The highest BCUT2D eigenvalue weighted by Crippen LogP contribution is 2.20. The summed E-state index contributed by atoms with van der Waals surface area (Å²) >= 11 is 0. The van der Waals surface area contributed by atoms with Crippen LogP contribution in [0.4, 0.5) is 0 Å². The van der Waals surface area contributed by atoms with Crippen molar-refractivity contribution in [1.29, 1.82) is 0 Å². The van der Waals surface area contributed by atoms with Crippen LogP contribution in [0.3, 0.4) is 0 Å². The Morgan fingerprint density at radius 1 is 1.12 bits per heavy atom. The van der Waals surface area contributed by atoms with E-state index in [1.807, 2.05) is 56.3 Å². The topological polar surface area (TPSA) is 89.4 Å². The van der Waals surface area contributed by atoms with Gasteiger partial charge in [0.2, 0.25) is 5.82 Å². The summed E-state index contributed by atoms with van der Waals surface area (Å²) in [5.74, 6) is 1.28. The zero-order valence-electron chi connectivity index (χ0n) is 13.9. The number of H-pyrrole nitrogens is 1. The lowest BCUT2D eigenvalue weighted by Gasteiger charge is -2.00. The van der Waals surface area contributed by atoms with Crippen LogP contribution >= 0.6 is 0 Å². The second kappa shape index (κ2) is 5.94. The van der Waals surface area contributed by atoms with Gasteiger partial charge < -0.3 is 4.98 Å². The molecular weight excluding hydrogens is 316 g/mol. The summed E-state index contributed by atoms with van der Waals surface area (Å²) in [7, 11) is 0. The number of fused-ring (bicyclic) bond motifs is 1. The first-order chi connectivity index (χ1) is 12.1. The third-order valence-corrected chi connectivity index (χ3v) is 3.97. The maximum absolute atomic E-state index is 12.3. The molecule has 4 rings (SSSR count). The summed E-state index contributed by atoms with van der Waals surface area (Å²) < 4.78 is 0. The van der Waals surface area contributed by atoms with E-state index in [4.69, 9.17) is 0 Å². The number of tetrazole rings is 1. The molecule has 0 spiro atoms. The molecule has 0 unspecified atom stereocenters.